The molecule has 2 aromatic rings. The van der Waals surface area contributed by atoms with Crippen LogP contribution in [0, 0.1) is 0 Å². The number of rotatable bonds is 4. The van der Waals surface area contributed by atoms with Crippen LogP contribution in [0.3, 0.4) is 0 Å². The third kappa shape index (κ3) is 3.50. The summed E-state index contributed by atoms with van der Waals surface area (Å²) in [6.07, 6.45) is 14.7. The maximum Gasteiger partial charge on any atom is 0.245 e. The second kappa shape index (κ2) is 7.21. The molecule has 1 unspecified atom stereocenters. The van der Waals surface area contributed by atoms with Crippen molar-refractivity contribution in [3.63, 3.8) is 0 Å². The van der Waals surface area contributed by atoms with Crippen LogP contribution in [0.5, 0.6) is 0 Å². The van der Waals surface area contributed by atoms with E-state index < -0.39 is 0 Å². The van der Waals surface area contributed by atoms with E-state index in [1.807, 2.05) is 16.8 Å². The fourth-order valence-electron chi connectivity index (χ4n) is 3.93. The Hall–Kier alpha value is -2.44. The van der Waals surface area contributed by atoms with Crippen LogP contribution >= 0.6 is 0 Å². The molecule has 0 spiro atoms. The van der Waals surface area contributed by atoms with Crippen molar-refractivity contribution in [2.24, 2.45) is 0 Å². The number of carbonyl (C=O) groups excluding carboxylic acids is 1. The summed E-state index contributed by atoms with van der Waals surface area (Å²) < 4.78 is 1.82. The Labute approximate surface area is 147 Å². The molecule has 4 rings (SSSR count). The standard InChI is InChI=1S/C18H24N6O/c25-18-15(7-4-9-24(18)14-5-2-1-3-6-14)22-16-11-17(21-12-20-16)23-10-8-19-13-23/h8,10-15H,1-7,9H2,(H,20,21,22). The Morgan fingerprint density at radius 1 is 1.08 bits per heavy atom. The van der Waals surface area contributed by atoms with E-state index in [-0.39, 0.29) is 11.9 Å². The van der Waals surface area contributed by atoms with E-state index in [0.29, 0.717) is 11.9 Å². The average Bonchev–Trinajstić information content (AvgIpc) is 3.19. The van der Waals surface area contributed by atoms with Gasteiger partial charge in [-0.2, -0.15) is 0 Å². The first-order valence-corrected chi connectivity index (χ1v) is 9.18. The monoisotopic (exact) mass is 340 g/mol. The molecule has 2 fully saturated rings. The summed E-state index contributed by atoms with van der Waals surface area (Å²) in [6, 6.07) is 2.09. The molecule has 1 atom stereocenters. The summed E-state index contributed by atoms with van der Waals surface area (Å²) >= 11 is 0. The molecule has 0 radical (unpaired) electrons. The van der Waals surface area contributed by atoms with E-state index in [1.54, 1.807) is 12.5 Å². The number of hydrogen-bond acceptors (Lipinski definition) is 5. The van der Waals surface area contributed by atoms with Crippen molar-refractivity contribution in [1.82, 2.24) is 24.4 Å². The van der Waals surface area contributed by atoms with Gasteiger partial charge in [0, 0.05) is 31.0 Å². The first-order valence-electron chi connectivity index (χ1n) is 9.18. The highest BCUT2D eigenvalue weighted by molar-refractivity contribution is 5.85. The Morgan fingerprint density at radius 3 is 2.76 bits per heavy atom. The summed E-state index contributed by atoms with van der Waals surface area (Å²) in [5.74, 6) is 1.64. The van der Waals surface area contributed by atoms with Crippen LogP contribution in [-0.2, 0) is 4.79 Å². The number of aromatic nitrogens is 4. The molecule has 1 saturated carbocycles. The molecular weight excluding hydrogens is 316 g/mol. The molecule has 2 aromatic heterocycles. The van der Waals surface area contributed by atoms with Gasteiger partial charge in [-0.3, -0.25) is 9.36 Å². The van der Waals surface area contributed by atoms with E-state index in [4.69, 9.17) is 0 Å². The van der Waals surface area contributed by atoms with Gasteiger partial charge in [0.1, 0.15) is 30.3 Å². The number of piperidine rings is 1. The van der Waals surface area contributed by atoms with E-state index in [1.165, 1.54) is 25.6 Å². The highest BCUT2D eigenvalue weighted by atomic mass is 16.2. The molecule has 1 aliphatic carbocycles. The van der Waals surface area contributed by atoms with Crippen molar-refractivity contribution in [2.75, 3.05) is 11.9 Å². The van der Waals surface area contributed by atoms with Gasteiger partial charge in [0.15, 0.2) is 0 Å². The molecule has 0 bridgehead atoms. The van der Waals surface area contributed by atoms with Crippen molar-refractivity contribution in [3.05, 3.63) is 31.1 Å². The minimum atomic E-state index is -0.193. The van der Waals surface area contributed by atoms with Gasteiger partial charge in [0.25, 0.3) is 0 Å². The number of amides is 1. The number of nitrogens with one attached hydrogen (secondary N) is 1. The molecule has 7 nitrogen and oxygen atoms in total. The lowest BCUT2D eigenvalue weighted by Crippen LogP contribution is -2.52. The maximum atomic E-state index is 12.9. The largest absolute Gasteiger partial charge is 0.358 e. The Bertz CT molecular complexity index is 710. The molecule has 132 valence electrons. The van der Waals surface area contributed by atoms with E-state index >= 15 is 0 Å². The fourth-order valence-corrected chi connectivity index (χ4v) is 3.93. The molecule has 1 aliphatic heterocycles. The van der Waals surface area contributed by atoms with Gasteiger partial charge in [-0.25, -0.2) is 15.0 Å². The van der Waals surface area contributed by atoms with Crippen LogP contribution in [-0.4, -0.2) is 49.0 Å². The van der Waals surface area contributed by atoms with Gasteiger partial charge >= 0.3 is 0 Å². The van der Waals surface area contributed by atoms with Crippen LogP contribution in [0.15, 0.2) is 31.1 Å². The van der Waals surface area contributed by atoms with E-state index in [9.17, 15) is 4.79 Å². The predicted molar refractivity (Wildman–Crippen MR) is 94.4 cm³/mol. The second-order valence-corrected chi connectivity index (χ2v) is 6.89. The minimum absolute atomic E-state index is 0.193. The molecule has 0 aromatic carbocycles. The first-order chi connectivity index (χ1) is 12.3. The van der Waals surface area contributed by atoms with Crippen molar-refractivity contribution in [2.45, 2.75) is 57.0 Å². The van der Waals surface area contributed by atoms with Gasteiger partial charge in [0.05, 0.1) is 0 Å². The molecule has 1 saturated heterocycles. The molecular formula is C18H24N6O. The highest BCUT2D eigenvalue weighted by Crippen LogP contribution is 2.27. The Balaban J connectivity index is 1.46. The number of carbonyl (C=O) groups is 1. The second-order valence-electron chi connectivity index (χ2n) is 6.89. The average molecular weight is 340 g/mol. The summed E-state index contributed by atoms with van der Waals surface area (Å²) in [5.41, 5.74) is 0. The van der Waals surface area contributed by atoms with Crippen LogP contribution in [0.25, 0.3) is 5.82 Å². The van der Waals surface area contributed by atoms with E-state index in [0.717, 1.165) is 38.0 Å². The number of hydrogen-bond donors (Lipinski definition) is 1. The SMILES string of the molecule is O=C1C(Nc2cc(-n3ccnc3)ncn2)CCCN1C1CCCCC1. The molecule has 1 N–H and O–H groups in total. The van der Waals surface area contributed by atoms with Crippen molar-refractivity contribution >= 4 is 11.7 Å². The van der Waals surface area contributed by atoms with Gasteiger partial charge < -0.3 is 10.2 Å². The van der Waals surface area contributed by atoms with Gasteiger partial charge in [-0.15, -0.1) is 0 Å². The third-order valence-electron chi connectivity index (χ3n) is 5.23. The van der Waals surface area contributed by atoms with Gasteiger partial charge in [0.2, 0.25) is 5.91 Å². The van der Waals surface area contributed by atoms with Crippen molar-refractivity contribution < 1.29 is 4.79 Å². The quantitative estimate of drug-likeness (QED) is 0.925. The zero-order chi connectivity index (χ0) is 17.1. The van der Waals surface area contributed by atoms with Crippen LogP contribution in [0.1, 0.15) is 44.9 Å². The number of imidazole rings is 1. The van der Waals surface area contributed by atoms with E-state index in [2.05, 4.69) is 25.2 Å². The molecule has 25 heavy (non-hydrogen) atoms. The summed E-state index contributed by atoms with van der Waals surface area (Å²) in [5, 5.41) is 3.33. The van der Waals surface area contributed by atoms with Crippen LogP contribution < -0.4 is 5.32 Å². The summed E-state index contributed by atoms with van der Waals surface area (Å²) in [7, 11) is 0. The fraction of sp³-hybridized carbons (Fsp3) is 0.556. The van der Waals surface area contributed by atoms with Crippen LogP contribution in [0.2, 0.25) is 0 Å². The highest BCUT2D eigenvalue weighted by Gasteiger charge is 2.33. The zero-order valence-corrected chi connectivity index (χ0v) is 14.3. The lowest BCUT2D eigenvalue weighted by atomic mass is 9.91. The normalized spacial score (nSPS) is 22.2. The number of likely N-dealkylation sites (tertiary alicyclic amines) is 1. The Morgan fingerprint density at radius 2 is 1.96 bits per heavy atom. The lowest BCUT2D eigenvalue weighted by Gasteiger charge is -2.40. The lowest BCUT2D eigenvalue weighted by molar-refractivity contribution is -0.137. The molecule has 2 aliphatic rings. The van der Waals surface area contributed by atoms with Crippen molar-refractivity contribution in [1.29, 1.82) is 0 Å². The first kappa shape index (κ1) is 16.1. The molecule has 7 heteroatoms. The zero-order valence-electron chi connectivity index (χ0n) is 14.3. The third-order valence-corrected chi connectivity index (χ3v) is 5.23. The van der Waals surface area contributed by atoms with Crippen molar-refractivity contribution in [3.8, 4) is 5.82 Å². The molecule has 1 amide bonds. The van der Waals surface area contributed by atoms with Crippen LogP contribution in [0.4, 0.5) is 5.82 Å². The minimum Gasteiger partial charge on any atom is -0.358 e. The van der Waals surface area contributed by atoms with Gasteiger partial charge in [-0.05, 0) is 25.7 Å². The number of nitrogens with zero attached hydrogens (tertiary/aromatic N) is 5. The molecule has 3 heterocycles. The summed E-state index contributed by atoms with van der Waals surface area (Å²) in [4.78, 5) is 27.6. The smallest absolute Gasteiger partial charge is 0.245 e. The topological polar surface area (TPSA) is 75.9 Å². The number of anilines is 1. The predicted octanol–water partition coefficient (Wildman–Crippen LogP) is 2.40. The summed E-state index contributed by atoms with van der Waals surface area (Å²) in [6.45, 7) is 0.895. The Kier molecular flexibility index (Phi) is 4.63. The van der Waals surface area contributed by atoms with Gasteiger partial charge in [-0.1, -0.05) is 19.3 Å². The maximum absolute atomic E-state index is 12.9.